The van der Waals surface area contributed by atoms with Crippen LogP contribution in [0.5, 0.6) is 5.75 Å². The summed E-state index contributed by atoms with van der Waals surface area (Å²) in [4.78, 5) is 0. The monoisotopic (exact) mass is 231 g/mol. The maximum atomic E-state index is 14.1. The Morgan fingerprint density at radius 1 is 1.18 bits per heavy atom. The minimum Gasteiger partial charge on any atom is -0.494 e. The normalized spacial score (nSPS) is 10.3. The van der Waals surface area contributed by atoms with Gasteiger partial charge >= 0.3 is 0 Å². The highest BCUT2D eigenvalue weighted by Crippen LogP contribution is 2.32. The fourth-order valence-electron chi connectivity index (χ4n) is 1.79. The van der Waals surface area contributed by atoms with E-state index in [-0.39, 0.29) is 11.6 Å². The molecule has 0 fully saturated rings. The summed E-state index contributed by atoms with van der Waals surface area (Å²) in [5.41, 5.74) is 8.55. The van der Waals surface area contributed by atoms with Crippen LogP contribution in [-0.4, -0.2) is 7.11 Å². The molecule has 0 unspecified atom stereocenters. The zero-order valence-electron chi connectivity index (χ0n) is 9.83. The fourth-order valence-corrected chi connectivity index (χ4v) is 1.79. The third kappa shape index (κ3) is 2.23. The maximum Gasteiger partial charge on any atom is 0.173 e. The Labute approximate surface area is 99.8 Å². The Kier molecular flexibility index (Phi) is 3.00. The summed E-state index contributed by atoms with van der Waals surface area (Å²) in [6.45, 7) is 1.96. The summed E-state index contributed by atoms with van der Waals surface area (Å²) in [5.74, 6) is -0.214. The molecule has 0 aliphatic rings. The molecule has 17 heavy (non-hydrogen) atoms. The number of nitrogens with two attached hydrogens (primary N) is 1. The molecule has 0 saturated heterocycles. The quantitative estimate of drug-likeness (QED) is 0.804. The van der Waals surface area contributed by atoms with Crippen LogP contribution in [0, 0.1) is 12.7 Å². The number of aryl methyl sites for hydroxylation is 1. The van der Waals surface area contributed by atoms with Gasteiger partial charge in [0, 0.05) is 17.3 Å². The molecule has 0 atom stereocenters. The number of methoxy groups -OCH3 is 1. The summed E-state index contributed by atoms with van der Waals surface area (Å²) >= 11 is 0. The highest BCUT2D eigenvalue weighted by Gasteiger charge is 2.12. The van der Waals surface area contributed by atoms with E-state index in [0.717, 1.165) is 11.1 Å². The lowest BCUT2D eigenvalue weighted by Gasteiger charge is -2.10. The van der Waals surface area contributed by atoms with Gasteiger partial charge in [-0.2, -0.15) is 0 Å². The first kappa shape index (κ1) is 11.5. The molecule has 3 heteroatoms. The predicted molar refractivity (Wildman–Crippen MR) is 67.5 cm³/mol. The summed E-state index contributed by atoms with van der Waals surface area (Å²) in [6, 6.07) is 10.7. The van der Waals surface area contributed by atoms with Gasteiger partial charge in [0.1, 0.15) is 0 Å². The fraction of sp³-hybridized carbons (Fsp3) is 0.143. The standard InChI is InChI=1S/C14H14FNO/c1-9-4-3-5-10(6-9)12-7-11(16)8-13(17-2)14(12)15/h3-8H,16H2,1-2H3. The van der Waals surface area contributed by atoms with Crippen LogP contribution in [0.4, 0.5) is 10.1 Å². The lowest BCUT2D eigenvalue weighted by atomic mass is 10.0. The zero-order chi connectivity index (χ0) is 12.4. The molecular formula is C14H14FNO. The van der Waals surface area contributed by atoms with Crippen LogP contribution in [0.15, 0.2) is 36.4 Å². The van der Waals surface area contributed by atoms with Crippen molar-refractivity contribution in [1.29, 1.82) is 0 Å². The minimum atomic E-state index is -0.382. The minimum absolute atomic E-state index is 0.168. The van der Waals surface area contributed by atoms with Crippen LogP contribution in [0.3, 0.4) is 0 Å². The van der Waals surface area contributed by atoms with Gasteiger partial charge in [0.25, 0.3) is 0 Å². The average molecular weight is 231 g/mol. The summed E-state index contributed by atoms with van der Waals surface area (Å²) < 4.78 is 19.1. The van der Waals surface area contributed by atoms with Crippen LogP contribution < -0.4 is 10.5 Å². The molecule has 2 aromatic carbocycles. The van der Waals surface area contributed by atoms with Gasteiger partial charge < -0.3 is 10.5 Å². The number of rotatable bonds is 2. The highest BCUT2D eigenvalue weighted by molar-refractivity contribution is 5.71. The second-order valence-corrected chi connectivity index (χ2v) is 3.95. The van der Waals surface area contributed by atoms with E-state index in [0.29, 0.717) is 11.3 Å². The lowest BCUT2D eigenvalue weighted by Crippen LogP contribution is -1.95. The van der Waals surface area contributed by atoms with E-state index in [4.69, 9.17) is 10.5 Å². The SMILES string of the molecule is COc1cc(N)cc(-c2cccc(C)c2)c1F. The van der Waals surface area contributed by atoms with Gasteiger partial charge in [-0.05, 0) is 18.6 Å². The third-order valence-electron chi connectivity index (χ3n) is 2.61. The molecule has 0 heterocycles. The lowest BCUT2D eigenvalue weighted by molar-refractivity contribution is 0.387. The first-order valence-corrected chi connectivity index (χ1v) is 5.32. The van der Waals surface area contributed by atoms with Gasteiger partial charge in [0.05, 0.1) is 7.11 Å². The van der Waals surface area contributed by atoms with Crippen molar-refractivity contribution in [3.8, 4) is 16.9 Å². The van der Waals surface area contributed by atoms with Crippen molar-refractivity contribution in [3.63, 3.8) is 0 Å². The Morgan fingerprint density at radius 3 is 2.59 bits per heavy atom. The van der Waals surface area contributed by atoms with Crippen molar-refractivity contribution < 1.29 is 9.13 Å². The van der Waals surface area contributed by atoms with E-state index < -0.39 is 0 Å². The van der Waals surface area contributed by atoms with E-state index >= 15 is 0 Å². The van der Waals surface area contributed by atoms with Gasteiger partial charge in [0.15, 0.2) is 11.6 Å². The summed E-state index contributed by atoms with van der Waals surface area (Å²) in [6.07, 6.45) is 0. The molecule has 0 radical (unpaired) electrons. The van der Waals surface area contributed by atoms with Crippen molar-refractivity contribution in [2.24, 2.45) is 0 Å². The van der Waals surface area contributed by atoms with Gasteiger partial charge in [0.2, 0.25) is 0 Å². The second-order valence-electron chi connectivity index (χ2n) is 3.95. The molecule has 0 spiro atoms. The van der Waals surface area contributed by atoms with E-state index in [9.17, 15) is 4.39 Å². The molecule has 0 aromatic heterocycles. The van der Waals surface area contributed by atoms with Gasteiger partial charge in [-0.25, -0.2) is 4.39 Å². The van der Waals surface area contributed by atoms with E-state index in [2.05, 4.69) is 0 Å². The molecule has 0 aliphatic heterocycles. The number of ether oxygens (including phenoxy) is 1. The first-order valence-electron chi connectivity index (χ1n) is 5.32. The molecule has 2 nitrogen and oxygen atoms in total. The van der Waals surface area contributed by atoms with Crippen molar-refractivity contribution in [2.75, 3.05) is 12.8 Å². The second kappa shape index (κ2) is 4.45. The molecule has 2 N–H and O–H groups in total. The van der Waals surface area contributed by atoms with Gasteiger partial charge in [-0.1, -0.05) is 29.8 Å². The molecule has 2 rings (SSSR count). The van der Waals surface area contributed by atoms with Crippen LogP contribution in [0.1, 0.15) is 5.56 Å². The topological polar surface area (TPSA) is 35.2 Å². The third-order valence-corrected chi connectivity index (χ3v) is 2.61. The molecule has 0 saturated carbocycles. The summed E-state index contributed by atoms with van der Waals surface area (Å²) in [7, 11) is 1.43. The van der Waals surface area contributed by atoms with E-state index in [1.807, 2.05) is 31.2 Å². The van der Waals surface area contributed by atoms with Crippen molar-refractivity contribution >= 4 is 5.69 Å². The average Bonchev–Trinajstić information content (AvgIpc) is 2.31. The Balaban J connectivity index is 2.63. The first-order chi connectivity index (χ1) is 8.11. The maximum absolute atomic E-state index is 14.1. The Morgan fingerprint density at radius 2 is 1.94 bits per heavy atom. The highest BCUT2D eigenvalue weighted by atomic mass is 19.1. The van der Waals surface area contributed by atoms with Crippen molar-refractivity contribution in [3.05, 3.63) is 47.8 Å². The van der Waals surface area contributed by atoms with Crippen LogP contribution in [0.25, 0.3) is 11.1 Å². The summed E-state index contributed by atoms with van der Waals surface area (Å²) in [5, 5.41) is 0. The molecule has 2 aromatic rings. The molecular weight excluding hydrogens is 217 g/mol. The number of nitrogen functional groups attached to an aromatic ring is 1. The van der Waals surface area contributed by atoms with Gasteiger partial charge in [-0.3, -0.25) is 0 Å². The number of hydrogen-bond donors (Lipinski definition) is 1. The van der Waals surface area contributed by atoms with Gasteiger partial charge in [-0.15, -0.1) is 0 Å². The molecule has 0 bridgehead atoms. The van der Waals surface area contributed by atoms with Crippen LogP contribution in [0.2, 0.25) is 0 Å². The number of hydrogen-bond acceptors (Lipinski definition) is 2. The van der Waals surface area contributed by atoms with E-state index in [1.54, 1.807) is 6.07 Å². The molecule has 0 amide bonds. The number of anilines is 1. The Bertz CT molecular complexity index is 552. The zero-order valence-corrected chi connectivity index (χ0v) is 9.83. The van der Waals surface area contributed by atoms with Crippen LogP contribution >= 0.6 is 0 Å². The van der Waals surface area contributed by atoms with E-state index in [1.165, 1.54) is 13.2 Å². The number of halogens is 1. The largest absolute Gasteiger partial charge is 0.494 e. The smallest absolute Gasteiger partial charge is 0.173 e. The van der Waals surface area contributed by atoms with Crippen molar-refractivity contribution in [1.82, 2.24) is 0 Å². The molecule has 0 aliphatic carbocycles. The van der Waals surface area contributed by atoms with Crippen molar-refractivity contribution in [2.45, 2.75) is 6.92 Å². The predicted octanol–water partition coefficient (Wildman–Crippen LogP) is 3.39. The van der Waals surface area contributed by atoms with Crippen LogP contribution in [-0.2, 0) is 0 Å². The Hall–Kier alpha value is -2.03. The molecule has 88 valence electrons. The number of benzene rings is 2.